The van der Waals surface area contributed by atoms with E-state index in [2.05, 4.69) is 5.10 Å². The number of nitrogens with zero attached hydrogens (tertiary/aromatic N) is 2. The summed E-state index contributed by atoms with van der Waals surface area (Å²) in [5.41, 5.74) is 2.41. The van der Waals surface area contributed by atoms with Gasteiger partial charge in [-0.1, -0.05) is 36.7 Å². The second-order valence-corrected chi connectivity index (χ2v) is 4.60. The fourth-order valence-corrected chi connectivity index (χ4v) is 2.07. The van der Waals surface area contributed by atoms with E-state index in [4.69, 9.17) is 11.6 Å². The zero-order valence-electron chi connectivity index (χ0n) is 10.5. The largest absolute Gasteiger partial charge is 0.292 e. The first-order chi connectivity index (χ1) is 8.61. The number of rotatable bonds is 4. The van der Waals surface area contributed by atoms with Gasteiger partial charge in [-0.2, -0.15) is 5.10 Å². The molecular weight excluding hydrogens is 248 g/mol. The summed E-state index contributed by atoms with van der Waals surface area (Å²) in [6.45, 7) is 2.02. The van der Waals surface area contributed by atoms with Crippen molar-refractivity contribution in [2.45, 2.75) is 19.8 Å². The van der Waals surface area contributed by atoms with Gasteiger partial charge in [0.05, 0.1) is 5.69 Å². The van der Waals surface area contributed by atoms with Crippen LogP contribution in [0.15, 0.2) is 30.3 Å². The Labute approximate surface area is 111 Å². The second-order valence-electron chi connectivity index (χ2n) is 4.19. The number of hydrogen-bond acceptors (Lipinski definition) is 2. The fourth-order valence-electron chi connectivity index (χ4n) is 1.87. The SMILES string of the molecule is CCc1cc(C(=O)Cc2ccccc2Cl)n(C)n1. The number of carbonyl (C=O) groups excluding carboxylic acids is 1. The van der Waals surface area contributed by atoms with Gasteiger partial charge in [-0.15, -0.1) is 0 Å². The summed E-state index contributed by atoms with van der Waals surface area (Å²) in [4.78, 5) is 12.2. The normalized spacial score (nSPS) is 10.6. The summed E-state index contributed by atoms with van der Waals surface area (Å²) in [7, 11) is 1.79. The molecule has 0 saturated heterocycles. The Morgan fingerprint density at radius 2 is 2.11 bits per heavy atom. The molecule has 3 nitrogen and oxygen atoms in total. The predicted octanol–water partition coefficient (Wildman–Crippen LogP) is 3.06. The highest BCUT2D eigenvalue weighted by molar-refractivity contribution is 6.31. The van der Waals surface area contributed by atoms with E-state index < -0.39 is 0 Å². The van der Waals surface area contributed by atoms with Crippen LogP contribution < -0.4 is 0 Å². The third-order valence-corrected chi connectivity index (χ3v) is 3.26. The van der Waals surface area contributed by atoms with E-state index >= 15 is 0 Å². The van der Waals surface area contributed by atoms with Crippen molar-refractivity contribution in [1.82, 2.24) is 9.78 Å². The van der Waals surface area contributed by atoms with Crippen LogP contribution in [0, 0.1) is 0 Å². The topological polar surface area (TPSA) is 34.9 Å². The average Bonchev–Trinajstić information content (AvgIpc) is 2.73. The Balaban J connectivity index is 2.22. The molecule has 2 rings (SSSR count). The maximum Gasteiger partial charge on any atom is 0.185 e. The molecule has 2 aromatic rings. The first kappa shape index (κ1) is 12.8. The van der Waals surface area contributed by atoms with Crippen molar-refractivity contribution in [2.75, 3.05) is 0 Å². The molecule has 0 radical (unpaired) electrons. The molecule has 0 unspecified atom stereocenters. The molecule has 0 bridgehead atoms. The van der Waals surface area contributed by atoms with Crippen molar-refractivity contribution < 1.29 is 4.79 Å². The number of benzene rings is 1. The van der Waals surface area contributed by atoms with Crippen molar-refractivity contribution in [3.63, 3.8) is 0 Å². The Kier molecular flexibility index (Phi) is 3.82. The third-order valence-electron chi connectivity index (χ3n) is 2.89. The molecule has 1 aromatic carbocycles. The van der Waals surface area contributed by atoms with Crippen LogP contribution in [0.2, 0.25) is 5.02 Å². The molecule has 1 heterocycles. The fraction of sp³-hybridized carbons (Fsp3) is 0.286. The van der Waals surface area contributed by atoms with Gasteiger partial charge in [0.15, 0.2) is 5.78 Å². The number of Topliss-reactive ketones (excluding diaryl/α,β-unsaturated/α-hetero) is 1. The van der Waals surface area contributed by atoms with Gasteiger partial charge in [-0.3, -0.25) is 9.48 Å². The Hall–Kier alpha value is -1.61. The molecule has 0 spiro atoms. The molecule has 4 heteroatoms. The molecule has 18 heavy (non-hydrogen) atoms. The lowest BCUT2D eigenvalue weighted by Gasteiger charge is -2.03. The van der Waals surface area contributed by atoms with Crippen molar-refractivity contribution in [3.8, 4) is 0 Å². The first-order valence-corrected chi connectivity index (χ1v) is 6.29. The second kappa shape index (κ2) is 5.36. The number of halogens is 1. The lowest BCUT2D eigenvalue weighted by molar-refractivity contribution is 0.0984. The zero-order chi connectivity index (χ0) is 13.1. The van der Waals surface area contributed by atoms with Crippen molar-refractivity contribution in [3.05, 3.63) is 52.3 Å². The van der Waals surface area contributed by atoms with E-state index in [0.29, 0.717) is 17.1 Å². The van der Waals surface area contributed by atoms with Crippen molar-refractivity contribution in [2.24, 2.45) is 7.05 Å². The van der Waals surface area contributed by atoms with Gasteiger partial charge in [0, 0.05) is 18.5 Å². The summed E-state index contributed by atoms with van der Waals surface area (Å²) >= 11 is 6.05. The molecule has 0 saturated carbocycles. The molecule has 1 aromatic heterocycles. The van der Waals surface area contributed by atoms with Crippen LogP contribution in [0.3, 0.4) is 0 Å². The monoisotopic (exact) mass is 262 g/mol. The molecular formula is C14H15ClN2O. The van der Waals surface area contributed by atoms with Gasteiger partial charge in [0.2, 0.25) is 0 Å². The quantitative estimate of drug-likeness (QED) is 0.794. The van der Waals surface area contributed by atoms with Gasteiger partial charge in [-0.25, -0.2) is 0 Å². The first-order valence-electron chi connectivity index (χ1n) is 5.91. The Morgan fingerprint density at radius 3 is 2.72 bits per heavy atom. The summed E-state index contributed by atoms with van der Waals surface area (Å²) < 4.78 is 1.64. The van der Waals surface area contributed by atoms with Crippen LogP contribution in [0.1, 0.15) is 28.7 Å². The highest BCUT2D eigenvalue weighted by Crippen LogP contribution is 2.17. The zero-order valence-corrected chi connectivity index (χ0v) is 11.2. The minimum absolute atomic E-state index is 0.0396. The number of hydrogen-bond donors (Lipinski definition) is 0. The lowest BCUT2D eigenvalue weighted by atomic mass is 10.1. The molecule has 0 N–H and O–H groups in total. The predicted molar refractivity (Wildman–Crippen MR) is 72.1 cm³/mol. The molecule has 0 aliphatic heterocycles. The highest BCUT2D eigenvalue weighted by atomic mass is 35.5. The molecule has 0 amide bonds. The molecule has 0 atom stereocenters. The van der Waals surface area contributed by atoms with Crippen LogP contribution in [-0.4, -0.2) is 15.6 Å². The maximum absolute atomic E-state index is 12.2. The van der Waals surface area contributed by atoms with E-state index in [-0.39, 0.29) is 5.78 Å². The molecule has 0 aliphatic carbocycles. The van der Waals surface area contributed by atoms with E-state index in [1.807, 2.05) is 31.2 Å². The van der Waals surface area contributed by atoms with Gasteiger partial charge < -0.3 is 0 Å². The summed E-state index contributed by atoms with van der Waals surface area (Å²) in [6.07, 6.45) is 1.13. The van der Waals surface area contributed by atoms with E-state index in [9.17, 15) is 4.79 Å². The Morgan fingerprint density at radius 1 is 1.39 bits per heavy atom. The van der Waals surface area contributed by atoms with Gasteiger partial charge in [0.1, 0.15) is 5.69 Å². The average molecular weight is 263 g/mol. The number of aromatic nitrogens is 2. The van der Waals surface area contributed by atoms with E-state index in [0.717, 1.165) is 17.7 Å². The number of aryl methyl sites for hydroxylation is 2. The van der Waals surface area contributed by atoms with Gasteiger partial charge in [0.25, 0.3) is 0 Å². The standard InChI is InChI=1S/C14H15ClN2O/c1-3-11-9-13(17(2)16-11)14(18)8-10-6-4-5-7-12(10)15/h4-7,9H,3,8H2,1-2H3. The maximum atomic E-state index is 12.2. The lowest BCUT2D eigenvalue weighted by Crippen LogP contribution is -2.09. The van der Waals surface area contributed by atoms with Gasteiger partial charge in [-0.05, 0) is 24.1 Å². The van der Waals surface area contributed by atoms with E-state index in [1.54, 1.807) is 17.8 Å². The van der Waals surface area contributed by atoms with Gasteiger partial charge >= 0.3 is 0 Å². The molecule has 0 fully saturated rings. The van der Waals surface area contributed by atoms with Crippen LogP contribution in [0.5, 0.6) is 0 Å². The summed E-state index contributed by atoms with van der Waals surface area (Å²) in [6, 6.07) is 9.26. The van der Waals surface area contributed by atoms with Crippen molar-refractivity contribution in [1.29, 1.82) is 0 Å². The van der Waals surface area contributed by atoms with Crippen LogP contribution in [-0.2, 0) is 19.9 Å². The summed E-state index contributed by atoms with van der Waals surface area (Å²) in [5, 5.41) is 4.91. The third kappa shape index (κ3) is 2.62. The highest BCUT2D eigenvalue weighted by Gasteiger charge is 2.14. The molecule has 0 aliphatic rings. The summed E-state index contributed by atoms with van der Waals surface area (Å²) in [5.74, 6) is 0.0396. The van der Waals surface area contributed by atoms with Crippen LogP contribution >= 0.6 is 11.6 Å². The van der Waals surface area contributed by atoms with Crippen LogP contribution in [0.25, 0.3) is 0 Å². The van der Waals surface area contributed by atoms with E-state index in [1.165, 1.54) is 0 Å². The Bertz CT molecular complexity index is 575. The van der Waals surface area contributed by atoms with Crippen LogP contribution in [0.4, 0.5) is 0 Å². The smallest absolute Gasteiger partial charge is 0.185 e. The molecule has 94 valence electrons. The number of ketones is 1. The van der Waals surface area contributed by atoms with Crippen molar-refractivity contribution >= 4 is 17.4 Å². The minimum Gasteiger partial charge on any atom is -0.292 e. The number of carbonyl (C=O) groups is 1. The minimum atomic E-state index is 0.0396.